The van der Waals surface area contributed by atoms with Gasteiger partial charge in [-0.3, -0.25) is 9.59 Å². The summed E-state index contributed by atoms with van der Waals surface area (Å²) in [5.74, 6) is -0.611. The first kappa shape index (κ1) is 27.1. The number of aliphatic hydroxyl groups excluding tert-OH is 2. The molecule has 0 unspecified atom stereocenters. The monoisotopic (exact) mass is 484 g/mol. The minimum Gasteiger partial charge on any atom is -0.457 e. The van der Waals surface area contributed by atoms with Crippen molar-refractivity contribution in [1.29, 1.82) is 0 Å². The Labute approximate surface area is 208 Å². The molecule has 2 heterocycles. The zero-order valence-corrected chi connectivity index (χ0v) is 21.8. The number of ketones is 1. The molecule has 5 atom stereocenters. The van der Waals surface area contributed by atoms with Crippen LogP contribution in [0.1, 0.15) is 77.3 Å². The molecule has 0 fully saturated rings. The molecule has 1 aromatic carbocycles. The van der Waals surface area contributed by atoms with E-state index in [4.69, 9.17) is 4.74 Å². The minimum atomic E-state index is -1.22. The lowest BCUT2D eigenvalue weighted by Gasteiger charge is -2.34. The summed E-state index contributed by atoms with van der Waals surface area (Å²) in [6.45, 7) is 8.85. The van der Waals surface area contributed by atoms with Crippen LogP contribution in [0.25, 0.3) is 11.0 Å². The van der Waals surface area contributed by atoms with Gasteiger partial charge in [0.25, 0.3) is 0 Å². The molecule has 1 aromatic heterocycles. The van der Waals surface area contributed by atoms with Crippen molar-refractivity contribution in [2.45, 2.75) is 85.0 Å². The summed E-state index contributed by atoms with van der Waals surface area (Å²) in [6, 6.07) is 5.87. The van der Waals surface area contributed by atoms with E-state index >= 15 is 0 Å². The lowest BCUT2D eigenvalue weighted by Crippen LogP contribution is -2.45. The first-order valence-corrected chi connectivity index (χ1v) is 12.6. The first-order valence-electron chi connectivity index (χ1n) is 12.6. The number of carbonyl (C=O) groups excluding carboxylic acids is 2. The number of esters is 1. The van der Waals surface area contributed by atoms with Gasteiger partial charge in [-0.15, -0.1) is 0 Å². The van der Waals surface area contributed by atoms with Crippen LogP contribution in [-0.2, 0) is 21.4 Å². The highest BCUT2D eigenvalue weighted by Crippen LogP contribution is 2.33. The highest BCUT2D eigenvalue weighted by molar-refractivity contribution is 5.88. The van der Waals surface area contributed by atoms with E-state index in [0.717, 1.165) is 41.7 Å². The van der Waals surface area contributed by atoms with Crippen LogP contribution in [0, 0.1) is 24.2 Å². The van der Waals surface area contributed by atoms with Gasteiger partial charge in [0, 0.05) is 19.4 Å². The number of aromatic nitrogens is 2. The van der Waals surface area contributed by atoms with Gasteiger partial charge in [0.15, 0.2) is 0 Å². The van der Waals surface area contributed by atoms with Gasteiger partial charge >= 0.3 is 5.97 Å². The number of hydrogen-bond acceptors (Lipinski definition) is 6. The van der Waals surface area contributed by atoms with Crippen LogP contribution in [0.4, 0.5) is 0 Å². The van der Waals surface area contributed by atoms with Gasteiger partial charge in [-0.1, -0.05) is 45.9 Å². The maximum absolute atomic E-state index is 13.2. The number of nitrogens with zero attached hydrogens (tertiary/aromatic N) is 2. The Balaban J connectivity index is 1.89. The summed E-state index contributed by atoms with van der Waals surface area (Å²) in [7, 11) is 1.96. The van der Waals surface area contributed by atoms with Crippen LogP contribution in [0.2, 0.25) is 0 Å². The van der Waals surface area contributed by atoms with Gasteiger partial charge in [0.1, 0.15) is 17.7 Å². The molecule has 7 heteroatoms. The molecule has 0 radical (unpaired) electrons. The van der Waals surface area contributed by atoms with E-state index in [1.54, 1.807) is 20.8 Å². The zero-order chi connectivity index (χ0) is 25.9. The number of fused-ring (bicyclic) bond motifs is 1. The molecule has 192 valence electrons. The maximum Gasteiger partial charge on any atom is 0.309 e. The zero-order valence-electron chi connectivity index (χ0n) is 21.8. The fourth-order valence-electron chi connectivity index (χ4n) is 4.87. The van der Waals surface area contributed by atoms with Gasteiger partial charge in [-0.05, 0) is 49.8 Å². The average molecular weight is 485 g/mol. The molecular formula is C28H40N2O5. The molecule has 3 rings (SSSR count). The van der Waals surface area contributed by atoms with Crippen molar-refractivity contribution in [2.75, 3.05) is 0 Å². The van der Waals surface area contributed by atoms with Crippen LogP contribution in [0.15, 0.2) is 30.4 Å². The molecule has 0 spiro atoms. The molecule has 0 aliphatic carbocycles. The highest BCUT2D eigenvalue weighted by Gasteiger charge is 2.42. The number of hydrogen-bond donors (Lipinski definition) is 2. The Morgan fingerprint density at radius 3 is 2.57 bits per heavy atom. The number of rotatable bonds is 1. The molecule has 0 saturated heterocycles. The van der Waals surface area contributed by atoms with Crippen molar-refractivity contribution in [3.63, 3.8) is 0 Å². The Kier molecular flexibility index (Phi) is 8.54. The topological polar surface area (TPSA) is 102 Å². The lowest BCUT2D eigenvalue weighted by atomic mass is 9.73. The Morgan fingerprint density at radius 2 is 1.86 bits per heavy atom. The number of aliphatic hydroxyl groups is 2. The second kappa shape index (κ2) is 11.0. The number of imidazole rings is 1. The van der Waals surface area contributed by atoms with Crippen molar-refractivity contribution in [3.05, 3.63) is 41.7 Å². The van der Waals surface area contributed by atoms with Gasteiger partial charge in [0.05, 0.1) is 35.1 Å². The predicted molar refractivity (Wildman–Crippen MR) is 136 cm³/mol. The molecule has 2 N–H and O–H groups in total. The number of aryl methyl sites for hydroxylation is 2. The highest BCUT2D eigenvalue weighted by atomic mass is 16.5. The number of carbonyl (C=O) groups is 2. The van der Waals surface area contributed by atoms with E-state index < -0.39 is 35.6 Å². The van der Waals surface area contributed by atoms with Crippen LogP contribution >= 0.6 is 0 Å². The van der Waals surface area contributed by atoms with E-state index in [-0.39, 0.29) is 18.1 Å². The Morgan fingerprint density at radius 1 is 1.14 bits per heavy atom. The van der Waals surface area contributed by atoms with E-state index in [1.165, 1.54) is 0 Å². The van der Waals surface area contributed by atoms with E-state index in [0.29, 0.717) is 6.42 Å². The summed E-state index contributed by atoms with van der Waals surface area (Å²) < 4.78 is 7.85. The normalized spacial score (nSPS) is 30.2. The van der Waals surface area contributed by atoms with Crippen molar-refractivity contribution < 1.29 is 24.5 Å². The van der Waals surface area contributed by atoms with Crippen LogP contribution < -0.4 is 0 Å². The first-order chi connectivity index (χ1) is 16.4. The molecular weight excluding hydrogens is 444 g/mol. The fraction of sp³-hybridized carbons (Fsp3) is 0.607. The molecule has 0 bridgehead atoms. The molecule has 2 aromatic rings. The lowest BCUT2D eigenvalue weighted by molar-refractivity contribution is -0.155. The number of ether oxygens (including phenoxy) is 1. The van der Waals surface area contributed by atoms with Gasteiger partial charge in [0.2, 0.25) is 0 Å². The standard InChI is InChI=1S/C28H40N2O5/c1-17-11-9-7-8-10-12-23(20-13-14-22-21(15-20)29-19(3)30(22)6)35-25(32)16-24(31)28(4,5)27(34)18(2)26(17)33/h8,10,13-15,17-18,23-24,26,31,33H,7,9,11-12,16H2,1-6H3/b10-8-/t17-,18-,23-,24+,26+/m1/s1. The summed E-state index contributed by atoms with van der Waals surface area (Å²) >= 11 is 0. The van der Waals surface area contributed by atoms with Crippen LogP contribution in [-0.4, -0.2) is 43.7 Å². The largest absolute Gasteiger partial charge is 0.457 e. The van der Waals surface area contributed by atoms with Gasteiger partial charge in [-0.2, -0.15) is 0 Å². The maximum atomic E-state index is 13.2. The van der Waals surface area contributed by atoms with Crippen LogP contribution in [0.3, 0.4) is 0 Å². The summed E-state index contributed by atoms with van der Waals surface area (Å²) in [4.78, 5) is 30.7. The minimum absolute atomic E-state index is 0.0468. The molecule has 1 aliphatic heterocycles. The predicted octanol–water partition coefficient (Wildman–Crippen LogP) is 4.58. The Bertz CT molecular complexity index is 1090. The fourth-order valence-corrected chi connectivity index (χ4v) is 4.87. The molecule has 0 saturated carbocycles. The van der Waals surface area contributed by atoms with Crippen molar-refractivity contribution >= 4 is 22.8 Å². The third-order valence-corrected chi connectivity index (χ3v) is 7.66. The van der Waals surface area contributed by atoms with Crippen LogP contribution in [0.5, 0.6) is 0 Å². The SMILES string of the molecule is Cc1nc2cc([C@H]3C/C=C\CCC[C@@H](C)[C@H](O)[C@@H](C)C(=O)C(C)(C)[C@@H](O)CC(=O)O3)ccc2n1C. The van der Waals surface area contributed by atoms with Crippen molar-refractivity contribution in [1.82, 2.24) is 9.55 Å². The molecule has 0 amide bonds. The number of benzene rings is 1. The number of allylic oxidation sites excluding steroid dienone is 1. The van der Waals surface area contributed by atoms with E-state index in [1.807, 2.05) is 49.7 Å². The number of Topliss-reactive ketones (excluding diaryl/α,β-unsaturated/α-hetero) is 1. The second-order valence-electron chi connectivity index (χ2n) is 10.6. The average Bonchev–Trinajstić information content (AvgIpc) is 3.10. The second-order valence-corrected chi connectivity index (χ2v) is 10.6. The number of cyclic esters (lactones) is 1. The molecule has 35 heavy (non-hydrogen) atoms. The quantitative estimate of drug-likeness (QED) is 0.454. The summed E-state index contributed by atoms with van der Waals surface area (Å²) in [5, 5.41) is 21.6. The third-order valence-electron chi connectivity index (χ3n) is 7.66. The van der Waals surface area contributed by atoms with E-state index in [9.17, 15) is 19.8 Å². The van der Waals surface area contributed by atoms with E-state index in [2.05, 4.69) is 11.1 Å². The summed E-state index contributed by atoms with van der Waals surface area (Å²) in [6.07, 6.45) is 4.24. The third kappa shape index (κ3) is 6.01. The van der Waals surface area contributed by atoms with Crippen molar-refractivity contribution in [2.24, 2.45) is 24.3 Å². The molecule has 1 aliphatic rings. The smallest absolute Gasteiger partial charge is 0.309 e. The summed E-state index contributed by atoms with van der Waals surface area (Å²) in [5.41, 5.74) is 1.48. The van der Waals surface area contributed by atoms with Gasteiger partial charge < -0.3 is 19.5 Å². The Hall–Kier alpha value is -2.51. The molecule has 7 nitrogen and oxygen atoms in total. The van der Waals surface area contributed by atoms with Crippen molar-refractivity contribution in [3.8, 4) is 0 Å². The van der Waals surface area contributed by atoms with Gasteiger partial charge in [-0.25, -0.2) is 4.98 Å².